The molecule has 0 heterocycles. The molecule has 150 valence electrons. The second-order valence-electron chi connectivity index (χ2n) is 12.0. The van der Waals surface area contributed by atoms with E-state index in [1.807, 2.05) is 0 Å². The Balaban J connectivity index is 1.60. The molecule has 8 saturated carbocycles. The summed E-state index contributed by atoms with van der Waals surface area (Å²) in [5, 5.41) is 0. The van der Waals surface area contributed by atoms with E-state index in [4.69, 9.17) is 0 Å². The number of hydrogen-bond donors (Lipinski definition) is 0. The first kappa shape index (κ1) is 17.8. The van der Waals surface area contributed by atoms with Crippen LogP contribution in [0.15, 0.2) is 50.6 Å². The first-order chi connectivity index (χ1) is 13.5. The zero-order valence-electron chi connectivity index (χ0n) is 17.7. The third kappa shape index (κ3) is 1.66. The van der Waals surface area contributed by atoms with Crippen molar-refractivity contribution in [3.05, 3.63) is 50.6 Å². The zero-order chi connectivity index (χ0) is 19.4. The molecule has 0 aliphatic heterocycles. The highest BCUT2D eigenvalue weighted by Crippen LogP contribution is 2.84. The van der Waals surface area contributed by atoms with Crippen LogP contribution < -0.4 is 0 Å². The van der Waals surface area contributed by atoms with Crippen LogP contribution in [0.3, 0.4) is 0 Å². The van der Waals surface area contributed by atoms with Gasteiger partial charge in [-0.15, -0.1) is 26.3 Å². The van der Waals surface area contributed by atoms with Crippen LogP contribution in [0.25, 0.3) is 0 Å². The maximum absolute atomic E-state index is 4.53. The molecule has 5 unspecified atom stereocenters. The lowest BCUT2D eigenvalue weighted by atomic mass is 9.24. The average molecular weight is 375 g/mol. The molecule has 0 aromatic rings. The van der Waals surface area contributed by atoms with Crippen LogP contribution in [0, 0.1) is 57.2 Å². The molecular weight excluding hydrogens is 336 g/mol. The molecule has 8 bridgehead atoms. The summed E-state index contributed by atoms with van der Waals surface area (Å²) in [6.45, 7) is 17.9. The molecule has 5 atom stereocenters. The summed E-state index contributed by atoms with van der Waals surface area (Å²) in [6.07, 6.45) is 24.0. The van der Waals surface area contributed by atoms with Gasteiger partial charge >= 0.3 is 0 Å². The van der Waals surface area contributed by atoms with Crippen molar-refractivity contribution in [1.29, 1.82) is 0 Å². The van der Waals surface area contributed by atoms with Gasteiger partial charge in [-0.2, -0.15) is 0 Å². The molecule has 0 nitrogen and oxygen atoms in total. The maximum atomic E-state index is 4.53. The topological polar surface area (TPSA) is 0 Å². The van der Waals surface area contributed by atoms with Crippen molar-refractivity contribution in [3.8, 4) is 0 Å². The van der Waals surface area contributed by atoms with E-state index in [0.717, 1.165) is 29.6 Å². The lowest BCUT2D eigenvalue weighted by Crippen LogP contribution is -2.73. The Morgan fingerprint density at radius 3 is 1.71 bits per heavy atom. The lowest BCUT2D eigenvalue weighted by molar-refractivity contribution is -0.274. The highest BCUT2D eigenvalue weighted by molar-refractivity contribution is 5.39. The van der Waals surface area contributed by atoms with E-state index in [1.54, 1.807) is 0 Å². The van der Waals surface area contributed by atoms with Crippen LogP contribution in [0.4, 0.5) is 0 Å². The lowest BCUT2D eigenvalue weighted by Gasteiger charge is -2.80. The molecule has 0 radical (unpaired) electrons. The molecule has 8 aliphatic rings. The SMILES string of the molecule is C=CC1C2CC3CC1(C=C)C(C=C)(C=C)C(C14CC5CC(CC(C5)C1)C4)(C3)C2. The van der Waals surface area contributed by atoms with Crippen LogP contribution in [0.5, 0.6) is 0 Å². The summed E-state index contributed by atoms with van der Waals surface area (Å²) < 4.78 is 0. The summed E-state index contributed by atoms with van der Waals surface area (Å²) in [6, 6.07) is 0. The molecule has 0 spiro atoms. The van der Waals surface area contributed by atoms with Crippen LogP contribution >= 0.6 is 0 Å². The van der Waals surface area contributed by atoms with Crippen molar-refractivity contribution in [2.24, 2.45) is 57.2 Å². The highest BCUT2D eigenvalue weighted by atomic mass is 14.8. The normalized spacial score (nSPS) is 57.1. The predicted octanol–water partition coefficient (Wildman–Crippen LogP) is 7.36. The fraction of sp³-hybridized carbons (Fsp3) is 0.714. The van der Waals surface area contributed by atoms with E-state index in [9.17, 15) is 0 Å². The summed E-state index contributed by atoms with van der Waals surface area (Å²) in [4.78, 5) is 0. The monoisotopic (exact) mass is 374 g/mol. The highest BCUT2D eigenvalue weighted by Gasteiger charge is 2.77. The van der Waals surface area contributed by atoms with Crippen molar-refractivity contribution >= 4 is 0 Å². The molecule has 28 heavy (non-hydrogen) atoms. The van der Waals surface area contributed by atoms with Crippen molar-refractivity contribution in [2.75, 3.05) is 0 Å². The molecule has 8 aliphatic carbocycles. The third-order valence-electron chi connectivity index (χ3n) is 11.5. The largest absolute Gasteiger partial charge is 0.103 e. The second kappa shape index (κ2) is 5.35. The molecule has 0 amide bonds. The summed E-state index contributed by atoms with van der Waals surface area (Å²) in [5.41, 5.74) is 0.965. The van der Waals surface area contributed by atoms with Gasteiger partial charge in [0.1, 0.15) is 0 Å². The minimum absolute atomic E-state index is 0.0142. The Morgan fingerprint density at radius 1 is 0.607 bits per heavy atom. The van der Waals surface area contributed by atoms with Gasteiger partial charge in [0.2, 0.25) is 0 Å². The van der Waals surface area contributed by atoms with E-state index < -0.39 is 0 Å². The Kier molecular flexibility index (Phi) is 3.40. The van der Waals surface area contributed by atoms with Crippen LogP contribution in [0.2, 0.25) is 0 Å². The number of allylic oxidation sites excluding steroid dienone is 4. The maximum Gasteiger partial charge on any atom is 0.0215 e. The zero-order valence-corrected chi connectivity index (χ0v) is 17.7. The summed E-state index contributed by atoms with van der Waals surface area (Å²) in [7, 11) is 0. The van der Waals surface area contributed by atoms with Gasteiger partial charge in [-0.1, -0.05) is 24.3 Å². The van der Waals surface area contributed by atoms with Gasteiger partial charge in [0.05, 0.1) is 0 Å². The fourth-order valence-electron chi connectivity index (χ4n) is 11.5. The van der Waals surface area contributed by atoms with Gasteiger partial charge < -0.3 is 0 Å². The number of hydrogen-bond acceptors (Lipinski definition) is 0. The molecule has 8 fully saturated rings. The molecular formula is C28H38. The fourth-order valence-corrected chi connectivity index (χ4v) is 11.5. The van der Waals surface area contributed by atoms with Crippen LogP contribution in [-0.2, 0) is 0 Å². The van der Waals surface area contributed by atoms with E-state index in [-0.39, 0.29) is 10.8 Å². The molecule has 0 aromatic carbocycles. The standard InChI is InChI=1S/C28H38/c1-5-24-23-12-22-16-26(24,6-2)27(7-3,8-4)28(17-22,18-23)25-13-19-9-20(14-25)11-21(10-19)15-25/h5-8,19-24H,1-4,9-18H2. The van der Waals surface area contributed by atoms with Gasteiger partial charge in [0, 0.05) is 10.8 Å². The molecule has 0 heteroatoms. The van der Waals surface area contributed by atoms with Crippen LogP contribution in [-0.4, -0.2) is 0 Å². The van der Waals surface area contributed by atoms with Crippen molar-refractivity contribution in [2.45, 2.75) is 64.2 Å². The van der Waals surface area contributed by atoms with Gasteiger partial charge in [0.15, 0.2) is 0 Å². The predicted molar refractivity (Wildman–Crippen MR) is 118 cm³/mol. The van der Waals surface area contributed by atoms with E-state index in [2.05, 4.69) is 50.6 Å². The molecule has 0 aromatic heterocycles. The van der Waals surface area contributed by atoms with Gasteiger partial charge in [-0.25, -0.2) is 0 Å². The Hall–Kier alpha value is -1.04. The van der Waals surface area contributed by atoms with Crippen molar-refractivity contribution in [1.82, 2.24) is 0 Å². The molecule has 8 rings (SSSR count). The Labute approximate surface area is 172 Å². The van der Waals surface area contributed by atoms with Gasteiger partial charge in [-0.05, 0) is 111 Å². The Morgan fingerprint density at radius 2 is 1.21 bits per heavy atom. The van der Waals surface area contributed by atoms with E-state index in [1.165, 1.54) is 64.2 Å². The minimum Gasteiger partial charge on any atom is -0.103 e. The third-order valence-corrected chi connectivity index (χ3v) is 11.5. The van der Waals surface area contributed by atoms with Crippen LogP contribution in [0.1, 0.15) is 64.2 Å². The quantitative estimate of drug-likeness (QED) is 0.441. The first-order valence-electron chi connectivity index (χ1n) is 12.0. The van der Waals surface area contributed by atoms with E-state index >= 15 is 0 Å². The summed E-state index contributed by atoms with van der Waals surface area (Å²) in [5.74, 6) is 5.21. The van der Waals surface area contributed by atoms with Gasteiger partial charge in [0.25, 0.3) is 0 Å². The van der Waals surface area contributed by atoms with Crippen molar-refractivity contribution < 1.29 is 0 Å². The first-order valence-corrected chi connectivity index (χ1v) is 12.0. The molecule has 0 N–H and O–H groups in total. The van der Waals surface area contributed by atoms with Crippen molar-refractivity contribution in [3.63, 3.8) is 0 Å². The smallest absolute Gasteiger partial charge is 0.0215 e. The number of rotatable bonds is 5. The van der Waals surface area contributed by atoms with E-state index in [0.29, 0.717) is 16.7 Å². The molecule has 0 saturated heterocycles. The average Bonchev–Trinajstić information content (AvgIpc) is 2.67. The van der Waals surface area contributed by atoms with Gasteiger partial charge in [-0.3, -0.25) is 0 Å². The second-order valence-corrected chi connectivity index (χ2v) is 12.0. The Bertz CT molecular complexity index is 711. The minimum atomic E-state index is -0.0142. The summed E-state index contributed by atoms with van der Waals surface area (Å²) >= 11 is 0.